The molecule has 0 amide bonds. The average molecular weight is 289 g/mol. The van der Waals surface area contributed by atoms with Gasteiger partial charge in [0, 0.05) is 17.8 Å². The standard InChI is InChI=1S/C16H17F2N3/c17-13-6-5-11(9-14(13)18)7-8-19-16-12-3-1-2-4-15(12)20-10-21-16/h5-6,9-10H,1-4,7-8H2,(H,19,20,21). The van der Waals surface area contributed by atoms with Crippen LogP contribution in [0.2, 0.25) is 0 Å². The minimum Gasteiger partial charge on any atom is -0.369 e. The molecule has 5 heteroatoms. The number of anilines is 1. The largest absolute Gasteiger partial charge is 0.369 e. The lowest BCUT2D eigenvalue weighted by molar-refractivity contribution is 0.507. The number of fused-ring (bicyclic) bond motifs is 1. The molecule has 1 aromatic carbocycles. The highest BCUT2D eigenvalue weighted by atomic mass is 19.2. The second-order valence-corrected chi connectivity index (χ2v) is 5.28. The molecule has 1 aromatic heterocycles. The van der Waals surface area contributed by atoms with Gasteiger partial charge in [0.1, 0.15) is 12.1 Å². The van der Waals surface area contributed by atoms with Crippen LogP contribution in [0.15, 0.2) is 24.5 Å². The second kappa shape index (κ2) is 6.16. The van der Waals surface area contributed by atoms with Crippen LogP contribution in [0.3, 0.4) is 0 Å². The van der Waals surface area contributed by atoms with Crippen molar-refractivity contribution >= 4 is 5.82 Å². The molecule has 0 atom stereocenters. The first-order chi connectivity index (χ1) is 10.2. The number of nitrogens with one attached hydrogen (secondary N) is 1. The van der Waals surface area contributed by atoms with Gasteiger partial charge in [-0.15, -0.1) is 0 Å². The number of aromatic nitrogens is 2. The molecule has 1 aliphatic carbocycles. The Labute approximate surface area is 122 Å². The predicted molar refractivity (Wildman–Crippen MR) is 77.2 cm³/mol. The fraction of sp³-hybridized carbons (Fsp3) is 0.375. The van der Waals surface area contributed by atoms with Crippen LogP contribution in [0.25, 0.3) is 0 Å². The molecular weight excluding hydrogens is 272 g/mol. The van der Waals surface area contributed by atoms with E-state index in [9.17, 15) is 8.78 Å². The van der Waals surface area contributed by atoms with E-state index in [1.807, 2.05) is 0 Å². The van der Waals surface area contributed by atoms with Gasteiger partial charge < -0.3 is 5.32 Å². The van der Waals surface area contributed by atoms with E-state index in [1.165, 1.54) is 18.1 Å². The van der Waals surface area contributed by atoms with Crippen molar-refractivity contribution in [3.63, 3.8) is 0 Å². The van der Waals surface area contributed by atoms with E-state index in [-0.39, 0.29) is 0 Å². The van der Waals surface area contributed by atoms with Crippen LogP contribution in [0, 0.1) is 11.6 Å². The highest BCUT2D eigenvalue weighted by Gasteiger charge is 2.15. The molecule has 0 radical (unpaired) electrons. The van der Waals surface area contributed by atoms with E-state index in [2.05, 4.69) is 15.3 Å². The Kier molecular flexibility index (Phi) is 4.08. The zero-order valence-electron chi connectivity index (χ0n) is 11.7. The summed E-state index contributed by atoms with van der Waals surface area (Å²) in [6.07, 6.45) is 6.57. The van der Waals surface area contributed by atoms with Crippen molar-refractivity contribution in [3.8, 4) is 0 Å². The summed E-state index contributed by atoms with van der Waals surface area (Å²) in [4.78, 5) is 8.62. The third kappa shape index (κ3) is 3.17. The predicted octanol–water partition coefficient (Wildman–Crippen LogP) is 3.29. The summed E-state index contributed by atoms with van der Waals surface area (Å²) in [5, 5.41) is 3.29. The smallest absolute Gasteiger partial charge is 0.159 e. The maximum Gasteiger partial charge on any atom is 0.159 e. The maximum absolute atomic E-state index is 13.1. The topological polar surface area (TPSA) is 37.8 Å². The molecular formula is C16H17F2N3. The first-order valence-corrected chi connectivity index (χ1v) is 7.24. The Morgan fingerprint density at radius 2 is 1.90 bits per heavy atom. The molecule has 0 bridgehead atoms. The average Bonchev–Trinajstić information content (AvgIpc) is 2.51. The molecule has 0 aliphatic heterocycles. The maximum atomic E-state index is 13.1. The molecule has 2 aromatic rings. The first-order valence-electron chi connectivity index (χ1n) is 7.24. The number of nitrogens with zero attached hydrogens (tertiary/aromatic N) is 2. The van der Waals surface area contributed by atoms with Crippen molar-refractivity contribution < 1.29 is 8.78 Å². The molecule has 3 rings (SSSR count). The van der Waals surface area contributed by atoms with Crippen molar-refractivity contribution in [2.45, 2.75) is 32.1 Å². The highest BCUT2D eigenvalue weighted by Crippen LogP contribution is 2.24. The van der Waals surface area contributed by atoms with Gasteiger partial charge in [0.05, 0.1) is 0 Å². The van der Waals surface area contributed by atoms with Crippen molar-refractivity contribution in [1.82, 2.24) is 9.97 Å². The van der Waals surface area contributed by atoms with Crippen LogP contribution in [0.1, 0.15) is 29.7 Å². The molecule has 1 N–H and O–H groups in total. The van der Waals surface area contributed by atoms with Crippen LogP contribution in [-0.4, -0.2) is 16.5 Å². The number of hydrogen-bond acceptors (Lipinski definition) is 3. The van der Waals surface area contributed by atoms with E-state index < -0.39 is 11.6 Å². The fourth-order valence-electron chi connectivity index (χ4n) is 2.69. The van der Waals surface area contributed by atoms with Crippen molar-refractivity contribution in [2.75, 3.05) is 11.9 Å². The molecule has 0 saturated heterocycles. The SMILES string of the molecule is Fc1ccc(CCNc2ncnc3c2CCCC3)cc1F. The third-order valence-electron chi connectivity index (χ3n) is 3.82. The summed E-state index contributed by atoms with van der Waals surface area (Å²) in [6.45, 7) is 0.633. The molecule has 110 valence electrons. The van der Waals surface area contributed by atoms with E-state index >= 15 is 0 Å². The van der Waals surface area contributed by atoms with Gasteiger partial charge >= 0.3 is 0 Å². The van der Waals surface area contributed by atoms with Gasteiger partial charge in [-0.1, -0.05) is 6.07 Å². The van der Waals surface area contributed by atoms with E-state index in [1.54, 1.807) is 12.4 Å². The van der Waals surface area contributed by atoms with Crippen LogP contribution < -0.4 is 5.32 Å². The van der Waals surface area contributed by atoms with Crippen LogP contribution in [0.4, 0.5) is 14.6 Å². The summed E-state index contributed by atoms with van der Waals surface area (Å²) in [6, 6.07) is 4.01. The molecule has 0 unspecified atom stereocenters. The summed E-state index contributed by atoms with van der Waals surface area (Å²) in [5.41, 5.74) is 3.10. The molecule has 0 spiro atoms. The molecule has 0 saturated carbocycles. The molecule has 1 aliphatic rings. The van der Waals surface area contributed by atoms with E-state index in [0.717, 1.165) is 42.4 Å². The summed E-state index contributed by atoms with van der Waals surface area (Å²) in [7, 11) is 0. The molecule has 3 nitrogen and oxygen atoms in total. The second-order valence-electron chi connectivity index (χ2n) is 5.28. The molecule has 1 heterocycles. The molecule has 0 fully saturated rings. The Balaban J connectivity index is 1.64. The highest BCUT2D eigenvalue weighted by molar-refractivity contribution is 5.47. The lowest BCUT2D eigenvalue weighted by Crippen LogP contribution is -2.14. The van der Waals surface area contributed by atoms with Gasteiger partial charge in [-0.2, -0.15) is 0 Å². The van der Waals surface area contributed by atoms with Gasteiger partial charge in [0.25, 0.3) is 0 Å². The van der Waals surface area contributed by atoms with Crippen molar-refractivity contribution in [3.05, 3.63) is 53.0 Å². The van der Waals surface area contributed by atoms with Crippen LogP contribution >= 0.6 is 0 Å². The minimum atomic E-state index is -0.809. The zero-order chi connectivity index (χ0) is 14.7. The van der Waals surface area contributed by atoms with Gasteiger partial charge in [0.2, 0.25) is 0 Å². The Hall–Kier alpha value is -2.04. The van der Waals surface area contributed by atoms with Crippen molar-refractivity contribution in [2.24, 2.45) is 0 Å². The number of halogens is 2. The van der Waals surface area contributed by atoms with Gasteiger partial charge in [-0.3, -0.25) is 0 Å². The first kappa shape index (κ1) is 13.9. The monoisotopic (exact) mass is 289 g/mol. The Morgan fingerprint density at radius 1 is 1.05 bits per heavy atom. The lowest BCUT2D eigenvalue weighted by Gasteiger charge is -2.18. The van der Waals surface area contributed by atoms with E-state index in [0.29, 0.717) is 13.0 Å². The molecule has 21 heavy (non-hydrogen) atoms. The summed E-state index contributed by atoms with van der Waals surface area (Å²) in [5.74, 6) is -0.731. The Morgan fingerprint density at radius 3 is 2.76 bits per heavy atom. The summed E-state index contributed by atoms with van der Waals surface area (Å²) < 4.78 is 26.0. The fourth-order valence-corrected chi connectivity index (χ4v) is 2.69. The van der Waals surface area contributed by atoms with Gasteiger partial charge in [-0.25, -0.2) is 18.7 Å². The quantitative estimate of drug-likeness (QED) is 0.938. The van der Waals surface area contributed by atoms with E-state index in [4.69, 9.17) is 0 Å². The number of hydrogen-bond donors (Lipinski definition) is 1. The zero-order valence-corrected chi connectivity index (χ0v) is 11.7. The summed E-state index contributed by atoms with van der Waals surface area (Å²) >= 11 is 0. The minimum absolute atomic E-state index is 0.621. The normalized spacial score (nSPS) is 13.8. The van der Waals surface area contributed by atoms with Crippen LogP contribution in [0.5, 0.6) is 0 Å². The van der Waals surface area contributed by atoms with Crippen molar-refractivity contribution in [1.29, 1.82) is 0 Å². The lowest BCUT2D eigenvalue weighted by atomic mass is 9.96. The third-order valence-corrected chi connectivity index (χ3v) is 3.82. The van der Waals surface area contributed by atoms with Gasteiger partial charge in [0.15, 0.2) is 11.6 Å². The number of rotatable bonds is 4. The van der Waals surface area contributed by atoms with Crippen LogP contribution in [-0.2, 0) is 19.3 Å². The van der Waals surface area contributed by atoms with Gasteiger partial charge in [-0.05, 0) is 49.8 Å². The Bertz CT molecular complexity index is 643. The number of aryl methyl sites for hydroxylation is 1. The number of benzene rings is 1.